The Morgan fingerprint density at radius 1 is 1.24 bits per heavy atom. The second kappa shape index (κ2) is 9.08. The highest BCUT2D eigenvalue weighted by Gasteiger charge is 2.21. The molecule has 1 unspecified atom stereocenters. The van der Waals surface area contributed by atoms with Crippen LogP contribution in [0.1, 0.15) is 40.2 Å². The quantitative estimate of drug-likeness (QED) is 0.618. The number of benzene rings is 1. The number of nitrogens with zero attached hydrogens (tertiary/aromatic N) is 3. The van der Waals surface area contributed by atoms with E-state index >= 15 is 0 Å². The standard InChI is InChI=1S/C23H26N4OS/c1-16-17(2)27(14-19-9-6-5-7-10-19)23(20(16)13-24)25-22(28)15-26(4)18(3)21-11-8-12-29-21/h5-12,18H,14-15H2,1-4H3,(H,25,28). The van der Waals surface area contributed by atoms with Crippen molar-refractivity contribution in [3.05, 3.63) is 75.1 Å². The van der Waals surface area contributed by atoms with Crippen LogP contribution in [-0.2, 0) is 11.3 Å². The molecule has 29 heavy (non-hydrogen) atoms. The molecule has 1 amide bonds. The van der Waals surface area contributed by atoms with Gasteiger partial charge in [0.2, 0.25) is 5.91 Å². The molecule has 0 radical (unpaired) electrons. The molecule has 0 bridgehead atoms. The fourth-order valence-electron chi connectivity index (χ4n) is 3.38. The van der Waals surface area contributed by atoms with E-state index in [1.807, 2.05) is 72.1 Å². The van der Waals surface area contributed by atoms with Crippen LogP contribution in [0.2, 0.25) is 0 Å². The molecular formula is C23H26N4OS. The summed E-state index contributed by atoms with van der Waals surface area (Å²) in [5.74, 6) is 0.452. The summed E-state index contributed by atoms with van der Waals surface area (Å²) in [5.41, 5.74) is 3.54. The van der Waals surface area contributed by atoms with Crippen LogP contribution in [-0.4, -0.2) is 29.0 Å². The minimum absolute atomic E-state index is 0.126. The third kappa shape index (κ3) is 4.58. The van der Waals surface area contributed by atoms with Crippen molar-refractivity contribution in [3.63, 3.8) is 0 Å². The molecule has 5 nitrogen and oxygen atoms in total. The molecule has 1 atom stereocenters. The first-order valence-electron chi connectivity index (χ1n) is 9.59. The highest BCUT2D eigenvalue weighted by molar-refractivity contribution is 7.10. The van der Waals surface area contributed by atoms with Crippen LogP contribution in [0.5, 0.6) is 0 Å². The molecule has 0 saturated carbocycles. The Hall–Kier alpha value is -2.88. The van der Waals surface area contributed by atoms with Crippen LogP contribution in [0.15, 0.2) is 47.8 Å². The lowest BCUT2D eigenvalue weighted by Gasteiger charge is -2.23. The van der Waals surface area contributed by atoms with Gasteiger partial charge in [-0.25, -0.2) is 0 Å². The lowest BCUT2D eigenvalue weighted by molar-refractivity contribution is -0.117. The Morgan fingerprint density at radius 3 is 2.59 bits per heavy atom. The molecule has 0 fully saturated rings. The Bertz CT molecular complexity index is 1020. The Kier molecular flexibility index (Phi) is 6.53. The second-order valence-electron chi connectivity index (χ2n) is 7.27. The number of carbonyl (C=O) groups is 1. The lowest BCUT2D eigenvalue weighted by Crippen LogP contribution is -2.32. The molecule has 0 aliphatic carbocycles. The zero-order chi connectivity index (χ0) is 21.0. The van der Waals surface area contributed by atoms with Gasteiger partial charge in [-0.15, -0.1) is 11.3 Å². The van der Waals surface area contributed by atoms with Gasteiger partial charge in [0.1, 0.15) is 11.9 Å². The van der Waals surface area contributed by atoms with Crippen LogP contribution < -0.4 is 5.32 Å². The number of likely N-dealkylation sites (N-methyl/N-ethyl adjacent to an activating group) is 1. The van der Waals surface area contributed by atoms with Crippen LogP contribution >= 0.6 is 11.3 Å². The third-order valence-electron chi connectivity index (χ3n) is 5.39. The van der Waals surface area contributed by atoms with Crippen molar-refractivity contribution < 1.29 is 4.79 Å². The van der Waals surface area contributed by atoms with E-state index in [2.05, 4.69) is 24.4 Å². The van der Waals surface area contributed by atoms with Crippen molar-refractivity contribution in [3.8, 4) is 6.07 Å². The van der Waals surface area contributed by atoms with E-state index in [9.17, 15) is 10.1 Å². The number of nitrogens with one attached hydrogen (secondary N) is 1. The summed E-state index contributed by atoms with van der Waals surface area (Å²) in [6.07, 6.45) is 0. The molecule has 3 rings (SSSR count). The Morgan fingerprint density at radius 2 is 1.97 bits per heavy atom. The summed E-state index contributed by atoms with van der Waals surface area (Å²) in [6, 6.07) is 16.6. The van der Waals surface area contributed by atoms with Gasteiger partial charge in [0.25, 0.3) is 0 Å². The van der Waals surface area contributed by atoms with Gasteiger partial charge in [-0.3, -0.25) is 9.69 Å². The average Bonchev–Trinajstić information content (AvgIpc) is 3.32. The van der Waals surface area contributed by atoms with Crippen molar-refractivity contribution in [1.29, 1.82) is 5.26 Å². The number of nitriles is 1. The first-order valence-corrected chi connectivity index (χ1v) is 10.5. The van der Waals surface area contributed by atoms with E-state index in [0.717, 1.165) is 16.8 Å². The van der Waals surface area contributed by atoms with Gasteiger partial charge in [-0.05, 0) is 50.4 Å². The van der Waals surface area contributed by atoms with Crippen LogP contribution in [0.3, 0.4) is 0 Å². The van der Waals surface area contributed by atoms with E-state index < -0.39 is 0 Å². The van der Waals surface area contributed by atoms with Crippen molar-refractivity contribution in [2.45, 2.75) is 33.4 Å². The molecule has 1 N–H and O–H groups in total. The third-order valence-corrected chi connectivity index (χ3v) is 6.43. The molecule has 3 aromatic rings. The maximum Gasteiger partial charge on any atom is 0.239 e. The fraction of sp³-hybridized carbons (Fsp3) is 0.304. The normalized spacial score (nSPS) is 12.0. The number of rotatable bonds is 7. The van der Waals surface area contributed by atoms with Gasteiger partial charge < -0.3 is 9.88 Å². The fourth-order valence-corrected chi connectivity index (χ4v) is 4.22. The summed E-state index contributed by atoms with van der Waals surface area (Å²) < 4.78 is 2.02. The number of hydrogen-bond acceptors (Lipinski definition) is 4. The molecular weight excluding hydrogens is 380 g/mol. The van der Waals surface area contributed by atoms with E-state index in [4.69, 9.17) is 0 Å². The largest absolute Gasteiger partial charge is 0.326 e. The van der Waals surface area contributed by atoms with Crippen molar-refractivity contribution in [2.24, 2.45) is 0 Å². The van der Waals surface area contributed by atoms with E-state index in [1.54, 1.807) is 11.3 Å². The molecule has 2 heterocycles. The van der Waals surface area contributed by atoms with Gasteiger partial charge in [0, 0.05) is 23.2 Å². The summed E-state index contributed by atoms with van der Waals surface area (Å²) >= 11 is 1.68. The van der Waals surface area contributed by atoms with Crippen LogP contribution in [0.25, 0.3) is 0 Å². The molecule has 2 aromatic heterocycles. The molecule has 6 heteroatoms. The van der Waals surface area contributed by atoms with Gasteiger partial charge in [-0.1, -0.05) is 36.4 Å². The van der Waals surface area contributed by atoms with E-state index in [1.165, 1.54) is 4.88 Å². The van der Waals surface area contributed by atoms with Gasteiger partial charge in [-0.2, -0.15) is 5.26 Å². The smallest absolute Gasteiger partial charge is 0.239 e. The lowest BCUT2D eigenvalue weighted by atomic mass is 10.2. The monoisotopic (exact) mass is 406 g/mol. The molecule has 0 spiro atoms. The maximum atomic E-state index is 12.8. The Labute approximate surface area is 176 Å². The highest BCUT2D eigenvalue weighted by Crippen LogP contribution is 2.28. The minimum atomic E-state index is -0.126. The van der Waals surface area contributed by atoms with Crippen LogP contribution in [0.4, 0.5) is 5.82 Å². The van der Waals surface area contributed by atoms with Gasteiger partial charge in [0.05, 0.1) is 12.1 Å². The number of amides is 1. The molecule has 0 saturated heterocycles. The summed E-state index contributed by atoms with van der Waals surface area (Å²) in [6.45, 7) is 6.85. The Balaban J connectivity index is 1.81. The van der Waals surface area contributed by atoms with Gasteiger partial charge >= 0.3 is 0 Å². The first kappa shape index (κ1) is 20.8. The first-order chi connectivity index (χ1) is 13.9. The summed E-state index contributed by atoms with van der Waals surface area (Å²) in [4.78, 5) is 16.0. The topological polar surface area (TPSA) is 61.1 Å². The zero-order valence-electron chi connectivity index (χ0n) is 17.3. The van der Waals surface area contributed by atoms with Crippen LogP contribution in [0, 0.1) is 25.2 Å². The number of aromatic nitrogens is 1. The predicted octanol–water partition coefficient (Wildman–Crippen LogP) is 4.72. The number of anilines is 1. The predicted molar refractivity (Wildman–Crippen MR) is 118 cm³/mol. The average molecular weight is 407 g/mol. The minimum Gasteiger partial charge on any atom is -0.326 e. The molecule has 150 valence electrons. The van der Waals surface area contributed by atoms with Gasteiger partial charge in [0.15, 0.2) is 0 Å². The molecule has 1 aromatic carbocycles. The maximum absolute atomic E-state index is 12.8. The highest BCUT2D eigenvalue weighted by atomic mass is 32.1. The van der Waals surface area contributed by atoms with E-state index in [-0.39, 0.29) is 18.5 Å². The second-order valence-corrected chi connectivity index (χ2v) is 8.25. The van der Waals surface area contributed by atoms with Crippen molar-refractivity contribution in [2.75, 3.05) is 18.9 Å². The summed E-state index contributed by atoms with van der Waals surface area (Å²) in [7, 11) is 1.94. The summed E-state index contributed by atoms with van der Waals surface area (Å²) in [5, 5.41) is 14.7. The molecule has 0 aliphatic rings. The zero-order valence-corrected chi connectivity index (χ0v) is 18.1. The van der Waals surface area contributed by atoms with E-state index in [0.29, 0.717) is 17.9 Å². The van der Waals surface area contributed by atoms with Crippen molar-refractivity contribution >= 4 is 23.1 Å². The molecule has 0 aliphatic heterocycles. The van der Waals surface area contributed by atoms with Crippen molar-refractivity contribution in [1.82, 2.24) is 9.47 Å². The SMILES string of the molecule is Cc1c(C#N)c(NC(=O)CN(C)C(C)c2cccs2)n(Cc2ccccc2)c1C. The number of carbonyl (C=O) groups excluding carboxylic acids is 1. The number of hydrogen-bond donors (Lipinski definition) is 1. The number of thiophene rings is 1.